The van der Waals surface area contributed by atoms with Crippen LogP contribution in [0.25, 0.3) is 0 Å². The number of hydrogen-bond acceptors (Lipinski definition) is 6. The van der Waals surface area contributed by atoms with Gasteiger partial charge < -0.3 is 14.2 Å². The zero-order valence-electron chi connectivity index (χ0n) is 47.4. The summed E-state index contributed by atoms with van der Waals surface area (Å²) in [5.41, 5.74) is 0. The molecule has 0 saturated heterocycles. The van der Waals surface area contributed by atoms with Gasteiger partial charge in [0.1, 0.15) is 13.2 Å². The molecule has 72 heavy (non-hydrogen) atoms. The molecule has 0 N–H and O–H groups in total. The first-order valence-corrected chi connectivity index (χ1v) is 30.6. The highest BCUT2D eigenvalue weighted by Gasteiger charge is 2.19. The van der Waals surface area contributed by atoms with E-state index in [1.807, 2.05) is 0 Å². The van der Waals surface area contributed by atoms with E-state index in [1.54, 1.807) is 0 Å². The molecule has 0 spiro atoms. The highest BCUT2D eigenvalue weighted by molar-refractivity contribution is 5.71. The molecular weight excluding hydrogens is 889 g/mol. The van der Waals surface area contributed by atoms with Crippen molar-refractivity contribution in [3.63, 3.8) is 0 Å². The lowest BCUT2D eigenvalue weighted by Crippen LogP contribution is -2.30. The largest absolute Gasteiger partial charge is 0.462 e. The quantitative estimate of drug-likeness (QED) is 0.0261. The molecule has 414 valence electrons. The van der Waals surface area contributed by atoms with E-state index in [1.165, 1.54) is 148 Å². The molecule has 0 aliphatic rings. The Morgan fingerprint density at radius 2 is 0.542 bits per heavy atom. The fourth-order valence-corrected chi connectivity index (χ4v) is 8.52. The van der Waals surface area contributed by atoms with Crippen molar-refractivity contribution in [3.8, 4) is 0 Å². The van der Waals surface area contributed by atoms with Crippen LogP contribution in [0.4, 0.5) is 0 Å². The standard InChI is InChI=1S/C66H114O6/c1-4-7-10-13-16-19-22-25-27-28-29-30-31-32-33-34-35-36-37-38-39-42-44-47-50-53-56-59-65(68)71-62-63(61-70-64(67)58-55-52-49-46-43-40-24-21-18-15-12-9-6-3)72-66(69)60-57-54-51-48-45-41-26-23-20-17-14-11-8-5-2/h9,12,18,21-23,25-26,28-29,31-32,40,43,63H,4-8,10-11,13-17,19-20,24,27,30,33-39,41-42,44-62H2,1-3H3/b12-9-,21-18-,25-22-,26-23-,29-28-,32-31-,43-40-. The Morgan fingerprint density at radius 1 is 0.292 bits per heavy atom. The van der Waals surface area contributed by atoms with Crippen molar-refractivity contribution in [1.29, 1.82) is 0 Å². The van der Waals surface area contributed by atoms with E-state index in [9.17, 15) is 14.4 Å². The Balaban J connectivity index is 4.27. The molecule has 0 aliphatic carbocycles. The fourth-order valence-electron chi connectivity index (χ4n) is 8.52. The topological polar surface area (TPSA) is 78.9 Å². The SMILES string of the molecule is CC/C=C\C/C=C\C/C=C\CCCCCC(=O)OCC(COC(=O)CCCCCCCCCCCCCC/C=C\C/C=C\C/C=C\CCCCCCC)OC(=O)CCCCCCC/C=C\CCCCCCC. The number of esters is 3. The summed E-state index contributed by atoms with van der Waals surface area (Å²) in [7, 11) is 0. The maximum atomic E-state index is 12.8. The van der Waals surface area contributed by atoms with Crippen molar-refractivity contribution in [1.82, 2.24) is 0 Å². The van der Waals surface area contributed by atoms with Crippen LogP contribution in [-0.2, 0) is 28.6 Å². The van der Waals surface area contributed by atoms with E-state index >= 15 is 0 Å². The number of carbonyl (C=O) groups excluding carboxylic acids is 3. The first-order valence-electron chi connectivity index (χ1n) is 30.6. The molecule has 1 atom stereocenters. The van der Waals surface area contributed by atoms with Crippen LogP contribution in [0.3, 0.4) is 0 Å². The minimum Gasteiger partial charge on any atom is -0.462 e. The average molecular weight is 1000 g/mol. The van der Waals surface area contributed by atoms with Gasteiger partial charge in [0, 0.05) is 19.3 Å². The lowest BCUT2D eigenvalue weighted by atomic mass is 10.0. The predicted octanol–water partition coefficient (Wildman–Crippen LogP) is 20.7. The predicted molar refractivity (Wildman–Crippen MR) is 311 cm³/mol. The van der Waals surface area contributed by atoms with E-state index in [0.29, 0.717) is 19.3 Å². The van der Waals surface area contributed by atoms with Gasteiger partial charge in [-0.2, -0.15) is 0 Å². The minimum absolute atomic E-state index is 0.0895. The highest BCUT2D eigenvalue weighted by Crippen LogP contribution is 2.15. The van der Waals surface area contributed by atoms with Crippen LogP contribution < -0.4 is 0 Å². The Labute approximate surface area is 445 Å². The van der Waals surface area contributed by atoms with Crippen molar-refractivity contribution in [3.05, 3.63) is 85.1 Å². The molecule has 0 radical (unpaired) electrons. The number of ether oxygens (including phenoxy) is 3. The first-order chi connectivity index (χ1) is 35.5. The smallest absolute Gasteiger partial charge is 0.306 e. The van der Waals surface area contributed by atoms with E-state index in [-0.39, 0.29) is 31.1 Å². The molecule has 1 unspecified atom stereocenters. The molecule has 0 heterocycles. The molecule has 0 rings (SSSR count). The highest BCUT2D eigenvalue weighted by atomic mass is 16.6. The lowest BCUT2D eigenvalue weighted by molar-refractivity contribution is -0.167. The molecule has 0 fully saturated rings. The summed E-state index contributed by atoms with van der Waals surface area (Å²) in [6.45, 7) is 6.49. The van der Waals surface area contributed by atoms with Gasteiger partial charge in [-0.25, -0.2) is 0 Å². The first kappa shape index (κ1) is 68.6. The van der Waals surface area contributed by atoms with E-state index < -0.39 is 6.10 Å². The van der Waals surface area contributed by atoms with Crippen molar-refractivity contribution in [2.75, 3.05) is 13.2 Å². The van der Waals surface area contributed by atoms with Gasteiger partial charge in [0.2, 0.25) is 0 Å². The average Bonchev–Trinajstić information content (AvgIpc) is 3.38. The summed E-state index contributed by atoms with van der Waals surface area (Å²) >= 11 is 0. The zero-order valence-corrected chi connectivity index (χ0v) is 47.4. The van der Waals surface area contributed by atoms with Crippen LogP contribution in [0.15, 0.2) is 85.1 Å². The van der Waals surface area contributed by atoms with Gasteiger partial charge in [0.05, 0.1) is 0 Å². The molecular formula is C66H114O6. The fraction of sp³-hybridized carbons (Fsp3) is 0.742. The molecule has 0 aliphatic heterocycles. The Hall–Kier alpha value is -3.41. The van der Waals surface area contributed by atoms with Crippen molar-refractivity contribution >= 4 is 17.9 Å². The number of hydrogen-bond donors (Lipinski definition) is 0. The summed E-state index contributed by atoms with van der Waals surface area (Å²) in [6, 6.07) is 0. The molecule has 6 nitrogen and oxygen atoms in total. The van der Waals surface area contributed by atoms with E-state index in [2.05, 4.69) is 106 Å². The van der Waals surface area contributed by atoms with Crippen LogP contribution >= 0.6 is 0 Å². The summed E-state index contributed by atoms with van der Waals surface area (Å²) in [5, 5.41) is 0. The molecule has 0 aromatic rings. The third-order valence-corrected chi connectivity index (χ3v) is 13.1. The van der Waals surface area contributed by atoms with Gasteiger partial charge in [-0.15, -0.1) is 0 Å². The second-order valence-electron chi connectivity index (χ2n) is 20.2. The van der Waals surface area contributed by atoms with Crippen LogP contribution in [0.5, 0.6) is 0 Å². The second-order valence-corrected chi connectivity index (χ2v) is 20.2. The summed E-state index contributed by atoms with van der Waals surface area (Å²) in [4.78, 5) is 38.2. The van der Waals surface area contributed by atoms with Crippen molar-refractivity contribution in [2.24, 2.45) is 0 Å². The van der Waals surface area contributed by atoms with Gasteiger partial charge in [0.15, 0.2) is 6.10 Å². The van der Waals surface area contributed by atoms with Crippen LogP contribution in [0, 0.1) is 0 Å². The zero-order chi connectivity index (χ0) is 52.2. The number of unbranched alkanes of at least 4 members (excludes halogenated alkanes) is 30. The Kier molecular flexibility index (Phi) is 57.3. The normalized spacial score (nSPS) is 12.7. The molecule has 6 heteroatoms. The van der Waals surface area contributed by atoms with E-state index in [4.69, 9.17) is 14.2 Å². The molecule has 0 amide bonds. The van der Waals surface area contributed by atoms with Gasteiger partial charge in [0.25, 0.3) is 0 Å². The van der Waals surface area contributed by atoms with Crippen LogP contribution in [0.1, 0.15) is 297 Å². The molecule has 0 aromatic heterocycles. The molecule has 0 aromatic carbocycles. The van der Waals surface area contributed by atoms with Gasteiger partial charge >= 0.3 is 17.9 Å². The van der Waals surface area contributed by atoms with Crippen LogP contribution in [-0.4, -0.2) is 37.2 Å². The molecule has 0 saturated carbocycles. The van der Waals surface area contributed by atoms with E-state index in [0.717, 1.165) is 109 Å². The van der Waals surface area contributed by atoms with Crippen molar-refractivity contribution < 1.29 is 28.6 Å². The Bertz CT molecular complexity index is 1380. The second kappa shape index (κ2) is 60.1. The van der Waals surface area contributed by atoms with Gasteiger partial charge in [-0.05, 0) is 116 Å². The maximum Gasteiger partial charge on any atom is 0.306 e. The van der Waals surface area contributed by atoms with Gasteiger partial charge in [-0.1, -0.05) is 247 Å². The number of allylic oxidation sites excluding steroid dienone is 14. The molecule has 0 bridgehead atoms. The third-order valence-electron chi connectivity index (χ3n) is 13.1. The summed E-state index contributed by atoms with van der Waals surface area (Å²) in [6.07, 6.45) is 78.8. The van der Waals surface area contributed by atoms with Crippen molar-refractivity contribution in [2.45, 2.75) is 303 Å². The monoisotopic (exact) mass is 1000 g/mol. The Morgan fingerprint density at radius 3 is 0.875 bits per heavy atom. The summed E-state index contributed by atoms with van der Waals surface area (Å²) in [5.74, 6) is -0.924. The summed E-state index contributed by atoms with van der Waals surface area (Å²) < 4.78 is 16.8. The lowest BCUT2D eigenvalue weighted by Gasteiger charge is -2.18. The minimum atomic E-state index is -0.794. The number of rotatable bonds is 55. The maximum absolute atomic E-state index is 12.8. The third kappa shape index (κ3) is 57.5. The number of carbonyl (C=O) groups is 3. The van der Waals surface area contributed by atoms with Crippen LogP contribution in [0.2, 0.25) is 0 Å². The van der Waals surface area contributed by atoms with Gasteiger partial charge in [-0.3, -0.25) is 14.4 Å².